The standard InChI is InChI=1S/C17H17FN4O3/c18-11-7-10-12(8-13(11)21-5-3-19-4-6-21)22(9-1-2-9)17-14(15(10)23)16(24)20-25-17/h7-9,19H,1-6H2,(H,20,24). The molecule has 3 aromatic rings. The highest BCUT2D eigenvalue weighted by Gasteiger charge is 2.30. The number of pyridine rings is 1. The number of nitrogens with zero attached hydrogens (tertiary/aromatic N) is 2. The van der Waals surface area contributed by atoms with Crippen LogP contribution in [0.5, 0.6) is 0 Å². The third kappa shape index (κ3) is 2.13. The molecule has 8 heteroatoms. The Morgan fingerprint density at radius 1 is 1.16 bits per heavy atom. The van der Waals surface area contributed by atoms with E-state index in [1.54, 1.807) is 6.07 Å². The van der Waals surface area contributed by atoms with Crippen LogP contribution in [0.4, 0.5) is 10.1 Å². The Morgan fingerprint density at radius 2 is 1.92 bits per heavy atom. The first-order chi connectivity index (χ1) is 12.1. The molecular weight excluding hydrogens is 327 g/mol. The molecule has 1 saturated heterocycles. The van der Waals surface area contributed by atoms with Crippen molar-refractivity contribution in [2.24, 2.45) is 0 Å². The number of halogens is 1. The van der Waals surface area contributed by atoms with Crippen molar-refractivity contribution in [2.45, 2.75) is 18.9 Å². The summed E-state index contributed by atoms with van der Waals surface area (Å²) in [5, 5.41) is 5.68. The number of aromatic nitrogens is 2. The summed E-state index contributed by atoms with van der Waals surface area (Å²) >= 11 is 0. The van der Waals surface area contributed by atoms with Gasteiger partial charge in [0, 0.05) is 37.6 Å². The Morgan fingerprint density at radius 3 is 2.64 bits per heavy atom. The number of hydrogen-bond acceptors (Lipinski definition) is 5. The van der Waals surface area contributed by atoms with Crippen LogP contribution in [-0.2, 0) is 0 Å². The largest absolute Gasteiger partial charge is 0.367 e. The normalized spacial score (nSPS) is 18.4. The van der Waals surface area contributed by atoms with Crippen molar-refractivity contribution < 1.29 is 8.91 Å². The molecule has 1 aliphatic carbocycles. The Labute approximate surface area is 141 Å². The molecule has 3 heterocycles. The predicted molar refractivity (Wildman–Crippen MR) is 91.9 cm³/mol. The summed E-state index contributed by atoms with van der Waals surface area (Å²) in [6.07, 6.45) is 1.89. The van der Waals surface area contributed by atoms with Crippen LogP contribution in [-0.4, -0.2) is 35.9 Å². The van der Waals surface area contributed by atoms with Crippen LogP contribution in [0.15, 0.2) is 26.2 Å². The Bertz CT molecular complexity index is 1100. The van der Waals surface area contributed by atoms with Crippen molar-refractivity contribution in [2.75, 3.05) is 31.1 Å². The van der Waals surface area contributed by atoms with Crippen LogP contribution < -0.4 is 21.2 Å². The van der Waals surface area contributed by atoms with Gasteiger partial charge < -0.3 is 19.3 Å². The Balaban J connectivity index is 1.86. The van der Waals surface area contributed by atoms with Crippen LogP contribution in [0.2, 0.25) is 0 Å². The molecule has 0 radical (unpaired) electrons. The van der Waals surface area contributed by atoms with Gasteiger partial charge in [0.25, 0.3) is 5.56 Å². The summed E-state index contributed by atoms with van der Waals surface area (Å²) in [6, 6.07) is 3.16. The molecule has 1 aliphatic heterocycles. The summed E-state index contributed by atoms with van der Waals surface area (Å²) in [5.41, 5.74) is 0.311. The maximum Gasteiger partial charge on any atom is 0.293 e. The summed E-state index contributed by atoms with van der Waals surface area (Å²) in [5.74, 6) is -0.437. The molecule has 5 rings (SSSR count). The smallest absolute Gasteiger partial charge is 0.293 e. The molecule has 1 aromatic carbocycles. The average molecular weight is 344 g/mol. The van der Waals surface area contributed by atoms with E-state index in [4.69, 9.17) is 4.52 Å². The van der Waals surface area contributed by atoms with Gasteiger partial charge in [-0.25, -0.2) is 4.39 Å². The minimum absolute atomic E-state index is 0.0336. The van der Waals surface area contributed by atoms with Gasteiger partial charge in [-0.05, 0) is 25.0 Å². The van der Waals surface area contributed by atoms with Gasteiger partial charge in [0.05, 0.1) is 11.2 Å². The lowest BCUT2D eigenvalue weighted by Gasteiger charge is -2.30. The van der Waals surface area contributed by atoms with Crippen molar-refractivity contribution in [3.63, 3.8) is 0 Å². The van der Waals surface area contributed by atoms with E-state index < -0.39 is 16.8 Å². The highest BCUT2D eigenvalue weighted by Crippen LogP contribution is 2.40. The molecule has 0 unspecified atom stereocenters. The summed E-state index contributed by atoms with van der Waals surface area (Å²) in [7, 11) is 0. The topological polar surface area (TPSA) is 83.3 Å². The molecule has 0 bridgehead atoms. The SMILES string of the molecule is O=c1[nH]oc2c1c(=O)c1cc(F)c(N3CCNCC3)cc1n2C1CC1. The molecule has 2 aromatic heterocycles. The van der Waals surface area contributed by atoms with E-state index in [2.05, 4.69) is 10.5 Å². The molecule has 0 spiro atoms. The second-order valence-electron chi connectivity index (χ2n) is 6.70. The quantitative estimate of drug-likeness (QED) is 0.733. The van der Waals surface area contributed by atoms with Gasteiger partial charge in [0.2, 0.25) is 11.1 Å². The van der Waals surface area contributed by atoms with Crippen molar-refractivity contribution in [1.29, 1.82) is 0 Å². The van der Waals surface area contributed by atoms with E-state index in [-0.39, 0.29) is 22.5 Å². The maximum atomic E-state index is 14.7. The number of rotatable bonds is 2. The van der Waals surface area contributed by atoms with E-state index in [1.165, 1.54) is 6.07 Å². The molecule has 0 atom stereocenters. The van der Waals surface area contributed by atoms with Crippen LogP contribution in [0.25, 0.3) is 22.0 Å². The molecule has 130 valence electrons. The molecular formula is C17H17FN4O3. The zero-order valence-corrected chi connectivity index (χ0v) is 13.5. The molecule has 7 nitrogen and oxygen atoms in total. The molecule has 25 heavy (non-hydrogen) atoms. The van der Waals surface area contributed by atoms with E-state index >= 15 is 0 Å². The van der Waals surface area contributed by atoms with Gasteiger partial charge in [-0.15, -0.1) is 0 Å². The van der Waals surface area contributed by atoms with Gasteiger partial charge in [0.1, 0.15) is 5.82 Å². The number of hydrogen-bond donors (Lipinski definition) is 2. The number of piperazine rings is 1. The minimum Gasteiger partial charge on any atom is -0.367 e. The molecule has 2 aliphatic rings. The third-order valence-electron chi connectivity index (χ3n) is 5.07. The highest BCUT2D eigenvalue weighted by atomic mass is 19.1. The number of fused-ring (bicyclic) bond motifs is 2. The van der Waals surface area contributed by atoms with Crippen molar-refractivity contribution in [3.8, 4) is 0 Å². The lowest BCUT2D eigenvalue weighted by Crippen LogP contribution is -2.43. The number of H-pyrrole nitrogens is 1. The van der Waals surface area contributed by atoms with Crippen LogP contribution >= 0.6 is 0 Å². The third-order valence-corrected chi connectivity index (χ3v) is 5.07. The number of aromatic amines is 1. The summed E-state index contributed by atoms with van der Waals surface area (Å²) in [6.45, 7) is 2.99. The van der Waals surface area contributed by atoms with Gasteiger partial charge >= 0.3 is 0 Å². The van der Waals surface area contributed by atoms with E-state index in [0.717, 1.165) is 25.9 Å². The van der Waals surface area contributed by atoms with E-state index in [1.807, 2.05) is 9.47 Å². The van der Waals surface area contributed by atoms with Crippen molar-refractivity contribution in [1.82, 2.24) is 15.0 Å². The highest BCUT2D eigenvalue weighted by molar-refractivity contribution is 5.93. The van der Waals surface area contributed by atoms with Crippen molar-refractivity contribution in [3.05, 3.63) is 38.5 Å². The van der Waals surface area contributed by atoms with Crippen LogP contribution in [0.1, 0.15) is 18.9 Å². The number of benzene rings is 1. The molecule has 2 N–H and O–H groups in total. The number of anilines is 1. The van der Waals surface area contributed by atoms with Crippen LogP contribution in [0.3, 0.4) is 0 Å². The first kappa shape index (κ1) is 14.7. The Kier molecular flexibility index (Phi) is 3.05. The van der Waals surface area contributed by atoms with E-state index in [9.17, 15) is 14.0 Å². The second kappa shape index (κ2) is 5.19. The fourth-order valence-corrected chi connectivity index (χ4v) is 3.68. The Hall–Kier alpha value is -2.61. The molecule has 0 amide bonds. The zero-order valence-electron chi connectivity index (χ0n) is 13.5. The first-order valence-corrected chi connectivity index (χ1v) is 8.50. The lowest BCUT2D eigenvalue weighted by molar-refractivity contribution is 0.428. The monoisotopic (exact) mass is 344 g/mol. The fourth-order valence-electron chi connectivity index (χ4n) is 3.68. The summed E-state index contributed by atoms with van der Waals surface area (Å²) in [4.78, 5) is 26.7. The van der Waals surface area contributed by atoms with Crippen LogP contribution in [0, 0.1) is 5.82 Å². The van der Waals surface area contributed by atoms with Gasteiger partial charge in [-0.3, -0.25) is 9.59 Å². The second-order valence-corrected chi connectivity index (χ2v) is 6.70. The van der Waals surface area contributed by atoms with Gasteiger partial charge in [-0.2, -0.15) is 5.16 Å². The summed E-state index contributed by atoms with van der Waals surface area (Å²) < 4.78 is 21.9. The van der Waals surface area contributed by atoms with E-state index in [0.29, 0.717) is 24.3 Å². The van der Waals surface area contributed by atoms with Gasteiger partial charge in [0.15, 0.2) is 5.39 Å². The predicted octanol–water partition coefficient (Wildman–Crippen LogP) is 1.32. The number of nitrogens with one attached hydrogen (secondary N) is 2. The average Bonchev–Trinajstić information content (AvgIpc) is 3.38. The molecule has 1 saturated carbocycles. The first-order valence-electron chi connectivity index (χ1n) is 8.50. The zero-order chi connectivity index (χ0) is 17.1. The molecule has 2 fully saturated rings. The van der Waals surface area contributed by atoms with Crippen molar-refractivity contribution >= 4 is 27.7 Å². The van der Waals surface area contributed by atoms with Gasteiger partial charge in [-0.1, -0.05) is 0 Å². The fraction of sp³-hybridized carbons (Fsp3) is 0.412. The minimum atomic E-state index is -0.567. The lowest BCUT2D eigenvalue weighted by atomic mass is 10.1. The maximum absolute atomic E-state index is 14.7.